The van der Waals surface area contributed by atoms with Crippen LogP contribution >= 0.6 is 0 Å². The SMILES string of the molecule is CC(C)NC(=O)c1cnn2c(-c3ccccn3)ccnc12. The molecule has 0 aliphatic heterocycles. The first-order chi connectivity index (χ1) is 10.2. The van der Waals surface area contributed by atoms with Crippen LogP contribution in [0.4, 0.5) is 0 Å². The van der Waals surface area contributed by atoms with Gasteiger partial charge in [0.2, 0.25) is 0 Å². The van der Waals surface area contributed by atoms with E-state index < -0.39 is 0 Å². The fourth-order valence-corrected chi connectivity index (χ4v) is 2.10. The van der Waals surface area contributed by atoms with Gasteiger partial charge in [0.05, 0.1) is 17.6 Å². The van der Waals surface area contributed by atoms with Gasteiger partial charge in [-0.05, 0) is 32.0 Å². The van der Waals surface area contributed by atoms with Crippen molar-refractivity contribution in [1.29, 1.82) is 0 Å². The molecule has 3 aromatic heterocycles. The van der Waals surface area contributed by atoms with E-state index in [-0.39, 0.29) is 11.9 Å². The Morgan fingerprint density at radius 2 is 2.05 bits per heavy atom. The molecule has 1 amide bonds. The van der Waals surface area contributed by atoms with E-state index in [1.807, 2.05) is 38.1 Å². The van der Waals surface area contributed by atoms with Crippen molar-refractivity contribution in [3.63, 3.8) is 0 Å². The van der Waals surface area contributed by atoms with Crippen molar-refractivity contribution in [3.8, 4) is 11.4 Å². The van der Waals surface area contributed by atoms with Crippen LogP contribution in [0, 0.1) is 0 Å². The predicted molar refractivity (Wildman–Crippen MR) is 78.8 cm³/mol. The molecule has 6 nitrogen and oxygen atoms in total. The second kappa shape index (κ2) is 5.32. The van der Waals surface area contributed by atoms with Crippen LogP contribution in [0.1, 0.15) is 24.2 Å². The van der Waals surface area contributed by atoms with Gasteiger partial charge in [0.25, 0.3) is 5.91 Å². The molecular formula is C15H15N5O. The molecular weight excluding hydrogens is 266 g/mol. The summed E-state index contributed by atoms with van der Waals surface area (Å²) in [6.07, 6.45) is 4.91. The largest absolute Gasteiger partial charge is 0.350 e. The lowest BCUT2D eigenvalue weighted by Crippen LogP contribution is -2.30. The molecule has 0 unspecified atom stereocenters. The molecule has 0 fully saturated rings. The van der Waals surface area contributed by atoms with Crippen molar-refractivity contribution in [3.05, 3.63) is 48.4 Å². The summed E-state index contributed by atoms with van der Waals surface area (Å²) in [6, 6.07) is 7.54. The van der Waals surface area contributed by atoms with Crippen molar-refractivity contribution in [2.75, 3.05) is 0 Å². The number of nitrogens with one attached hydrogen (secondary N) is 1. The monoisotopic (exact) mass is 281 g/mol. The van der Waals surface area contributed by atoms with Crippen LogP contribution in [-0.2, 0) is 0 Å². The van der Waals surface area contributed by atoms with E-state index in [0.29, 0.717) is 11.2 Å². The third-order valence-electron chi connectivity index (χ3n) is 2.99. The maximum atomic E-state index is 12.2. The van der Waals surface area contributed by atoms with Crippen molar-refractivity contribution >= 4 is 11.6 Å². The highest BCUT2D eigenvalue weighted by Gasteiger charge is 2.16. The van der Waals surface area contributed by atoms with Gasteiger partial charge in [0.1, 0.15) is 5.56 Å². The summed E-state index contributed by atoms with van der Waals surface area (Å²) in [7, 11) is 0. The summed E-state index contributed by atoms with van der Waals surface area (Å²) in [4.78, 5) is 20.7. The second-order valence-corrected chi connectivity index (χ2v) is 4.97. The van der Waals surface area contributed by atoms with Crippen molar-refractivity contribution in [1.82, 2.24) is 24.9 Å². The van der Waals surface area contributed by atoms with Gasteiger partial charge in [0.15, 0.2) is 5.65 Å². The van der Waals surface area contributed by atoms with Gasteiger partial charge in [-0.2, -0.15) is 5.10 Å². The maximum Gasteiger partial charge on any atom is 0.256 e. The number of hydrogen-bond acceptors (Lipinski definition) is 4. The summed E-state index contributed by atoms with van der Waals surface area (Å²) < 4.78 is 1.64. The summed E-state index contributed by atoms with van der Waals surface area (Å²) in [5.41, 5.74) is 2.56. The van der Waals surface area contributed by atoms with Gasteiger partial charge in [0, 0.05) is 18.4 Å². The maximum absolute atomic E-state index is 12.2. The van der Waals surface area contributed by atoms with Gasteiger partial charge in [-0.25, -0.2) is 9.50 Å². The predicted octanol–water partition coefficient (Wildman–Crippen LogP) is 1.93. The van der Waals surface area contributed by atoms with E-state index in [1.54, 1.807) is 16.9 Å². The third-order valence-corrected chi connectivity index (χ3v) is 2.99. The minimum atomic E-state index is -0.175. The van der Waals surface area contributed by atoms with Crippen LogP contribution in [0.15, 0.2) is 42.9 Å². The van der Waals surface area contributed by atoms with Crippen molar-refractivity contribution in [2.45, 2.75) is 19.9 Å². The molecule has 0 aliphatic carbocycles. The van der Waals surface area contributed by atoms with E-state index in [4.69, 9.17) is 0 Å². The number of aromatic nitrogens is 4. The van der Waals surface area contributed by atoms with Crippen molar-refractivity contribution < 1.29 is 4.79 Å². The summed E-state index contributed by atoms with van der Waals surface area (Å²) in [5.74, 6) is -0.175. The molecule has 0 aromatic carbocycles. The number of pyridine rings is 1. The summed E-state index contributed by atoms with van der Waals surface area (Å²) in [6.45, 7) is 3.83. The molecule has 3 rings (SSSR count). The molecule has 0 radical (unpaired) electrons. The zero-order chi connectivity index (χ0) is 14.8. The Bertz CT molecular complexity index is 779. The molecule has 6 heteroatoms. The first-order valence-corrected chi connectivity index (χ1v) is 6.72. The number of nitrogens with zero attached hydrogens (tertiary/aromatic N) is 4. The van der Waals surface area contributed by atoms with Crippen LogP contribution in [0.5, 0.6) is 0 Å². The minimum absolute atomic E-state index is 0.0615. The fourth-order valence-electron chi connectivity index (χ4n) is 2.10. The number of amides is 1. The molecule has 0 saturated heterocycles. The molecule has 21 heavy (non-hydrogen) atoms. The second-order valence-electron chi connectivity index (χ2n) is 4.97. The molecule has 3 heterocycles. The zero-order valence-electron chi connectivity index (χ0n) is 11.8. The van der Waals surface area contributed by atoms with E-state index >= 15 is 0 Å². The van der Waals surface area contributed by atoms with Crippen LogP contribution in [0.2, 0.25) is 0 Å². The highest BCUT2D eigenvalue weighted by molar-refractivity contribution is 6.00. The lowest BCUT2D eigenvalue weighted by atomic mass is 10.2. The first kappa shape index (κ1) is 13.2. The van der Waals surface area contributed by atoms with Gasteiger partial charge in [-0.1, -0.05) is 6.07 Å². The number of carbonyl (C=O) groups excluding carboxylic acids is 1. The molecule has 3 aromatic rings. The average molecular weight is 281 g/mol. The van der Waals surface area contributed by atoms with E-state index in [2.05, 4.69) is 20.4 Å². The Hall–Kier alpha value is -2.76. The smallest absolute Gasteiger partial charge is 0.256 e. The number of rotatable bonds is 3. The minimum Gasteiger partial charge on any atom is -0.350 e. The first-order valence-electron chi connectivity index (χ1n) is 6.72. The standard InChI is InChI=1S/C15H15N5O/c1-10(2)19-15(21)11-9-18-20-13(6-8-17-14(11)20)12-5-3-4-7-16-12/h3-10H,1-2H3,(H,19,21). The van der Waals surface area contributed by atoms with Gasteiger partial charge < -0.3 is 5.32 Å². The van der Waals surface area contributed by atoms with Crippen LogP contribution in [0.25, 0.3) is 17.0 Å². The molecule has 0 saturated carbocycles. The average Bonchev–Trinajstić information content (AvgIpc) is 2.91. The highest BCUT2D eigenvalue weighted by Crippen LogP contribution is 2.18. The normalized spacial score (nSPS) is 11.0. The quantitative estimate of drug-likeness (QED) is 0.796. The summed E-state index contributed by atoms with van der Waals surface area (Å²) in [5, 5.41) is 7.13. The number of fused-ring (bicyclic) bond motifs is 1. The molecule has 0 spiro atoms. The molecule has 0 atom stereocenters. The molecule has 106 valence electrons. The lowest BCUT2D eigenvalue weighted by Gasteiger charge is -2.07. The Morgan fingerprint density at radius 3 is 2.76 bits per heavy atom. The van der Waals surface area contributed by atoms with Gasteiger partial charge in [-0.15, -0.1) is 0 Å². The van der Waals surface area contributed by atoms with E-state index in [0.717, 1.165) is 11.4 Å². The van der Waals surface area contributed by atoms with E-state index in [1.165, 1.54) is 6.20 Å². The molecule has 0 aliphatic rings. The van der Waals surface area contributed by atoms with E-state index in [9.17, 15) is 4.79 Å². The number of carbonyl (C=O) groups is 1. The Kier molecular flexibility index (Phi) is 3.35. The summed E-state index contributed by atoms with van der Waals surface area (Å²) >= 11 is 0. The zero-order valence-corrected chi connectivity index (χ0v) is 11.8. The van der Waals surface area contributed by atoms with Crippen LogP contribution in [-0.4, -0.2) is 31.5 Å². The third kappa shape index (κ3) is 2.47. The van der Waals surface area contributed by atoms with Crippen molar-refractivity contribution in [2.24, 2.45) is 0 Å². The lowest BCUT2D eigenvalue weighted by molar-refractivity contribution is 0.0944. The number of hydrogen-bond donors (Lipinski definition) is 1. The van der Waals surface area contributed by atoms with Crippen LogP contribution < -0.4 is 5.32 Å². The topological polar surface area (TPSA) is 72.2 Å². The van der Waals surface area contributed by atoms with Gasteiger partial charge in [-0.3, -0.25) is 9.78 Å². The van der Waals surface area contributed by atoms with Gasteiger partial charge >= 0.3 is 0 Å². The highest BCUT2D eigenvalue weighted by atomic mass is 16.1. The molecule has 0 bridgehead atoms. The Morgan fingerprint density at radius 1 is 1.19 bits per heavy atom. The Balaban J connectivity index is 2.11. The molecule has 1 N–H and O–H groups in total. The Labute approximate surface area is 121 Å². The van der Waals surface area contributed by atoms with Crippen LogP contribution in [0.3, 0.4) is 0 Å². The fraction of sp³-hybridized carbons (Fsp3) is 0.200.